The van der Waals surface area contributed by atoms with Crippen molar-refractivity contribution >= 4 is 23.6 Å². The Morgan fingerprint density at radius 3 is 2.88 bits per heavy atom. The predicted molar refractivity (Wildman–Crippen MR) is 99.4 cm³/mol. The van der Waals surface area contributed by atoms with E-state index in [2.05, 4.69) is 23.7 Å². The van der Waals surface area contributed by atoms with Crippen LogP contribution in [0.25, 0.3) is 0 Å². The molecule has 1 aromatic carbocycles. The van der Waals surface area contributed by atoms with Crippen LogP contribution in [-0.2, 0) is 13.0 Å². The monoisotopic (exact) mass is 376 g/mol. The molecule has 6 nitrogen and oxygen atoms in total. The second-order valence-corrected chi connectivity index (χ2v) is 7.04. The fourth-order valence-electron chi connectivity index (χ4n) is 2.94. The van der Waals surface area contributed by atoms with Crippen molar-refractivity contribution < 1.29 is 19.4 Å². The van der Waals surface area contributed by atoms with E-state index in [1.807, 2.05) is 18.2 Å². The summed E-state index contributed by atoms with van der Waals surface area (Å²) in [6.07, 6.45) is 0.911. The minimum Gasteiger partial charge on any atom is -0.493 e. The molecule has 0 saturated carbocycles. The molecule has 7 heteroatoms. The van der Waals surface area contributed by atoms with Gasteiger partial charge >= 0.3 is 6.16 Å². The number of rotatable bonds is 6. The molecule has 26 heavy (non-hydrogen) atoms. The maximum atomic E-state index is 10.9. The van der Waals surface area contributed by atoms with Gasteiger partial charge in [0.25, 0.3) is 0 Å². The van der Waals surface area contributed by atoms with Crippen LogP contribution in [0.3, 0.4) is 0 Å². The van der Waals surface area contributed by atoms with E-state index in [0.29, 0.717) is 36.3 Å². The molecule has 0 saturated heterocycles. The Morgan fingerprint density at radius 2 is 2.15 bits per heavy atom. The fourth-order valence-corrected chi connectivity index (χ4v) is 3.14. The molecule has 0 radical (unpaired) electrons. The summed E-state index contributed by atoms with van der Waals surface area (Å²) in [7, 11) is 0. The number of halogens is 1. The highest BCUT2D eigenvalue weighted by molar-refractivity contribution is 6.30. The van der Waals surface area contributed by atoms with Crippen molar-refractivity contribution in [1.29, 1.82) is 0 Å². The molecule has 1 aliphatic heterocycles. The van der Waals surface area contributed by atoms with Crippen molar-refractivity contribution in [2.24, 2.45) is 5.92 Å². The first-order chi connectivity index (χ1) is 12.4. The zero-order valence-corrected chi connectivity index (χ0v) is 15.5. The lowest BCUT2D eigenvalue weighted by Crippen LogP contribution is -2.21. The average Bonchev–Trinajstić information content (AvgIpc) is 2.98. The summed E-state index contributed by atoms with van der Waals surface area (Å²) in [5, 5.41) is 9.53. The van der Waals surface area contributed by atoms with Crippen molar-refractivity contribution in [3.05, 3.63) is 46.6 Å². The molecule has 138 valence electrons. The summed E-state index contributed by atoms with van der Waals surface area (Å²) in [6.45, 7) is 6.11. The van der Waals surface area contributed by atoms with Crippen molar-refractivity contribution in [2.75, 3.05) is 18.1 Å². The molecule has 0 amide bonds. The highest BCUT2D eigenvalue weighted by atomic mass is 35.5. The summed E-state index contributed by atoms with van der Waals surface area (Å²) in [6, 6.07) is 7.17. The summed E-state index contributed by atoms with van der Waals surface area (Å²) in [5.74, 6) is 2.30. The number of aromatic nitrogens is 1. The van der Waals surface area contributed by atoms with E-state index in [0.717, 1.165) is 29.2 Å². The van der Waals surface area contributed by atoms with Gasteiger partial charge < -0.3 is 19.5 Å². The van der Waals surface area contributed by atoms with Gasteiger partial charge in [0.2, 0.25) is 0 Å². The number of ether oxygens (including phenoxy) is 2. The first-order valence-corrected chi connectivity index (χ1v) is 8.86. The number of carbonyl (C=O) groups is 1. The average molecular weight is 377 g/mol. The van der Waals surface area contributed by atoms with Gasteiger partial charge in [-0.25, -0.2) is 9.78 Å². The van der Waals surface area contributed by atoms with Crippen LogP contribution in [0, 0.1) is 5.92 Å². The third-order valence-electron chi connectivity index (χ3n) is 4.07. The molecule has 3 rings (SSSR count). The first-order valence-electron chi connectivity index (χ1n) is 8.49. The van der Waals surface area contributed by atoms with Crippen LogP contribution >= 0.6 is 11.6 Å². The number of hydrogen-bond donors (Lipinski definition) is 1. The number of fused-ring (bicyclic) bond motifs is 1. The van der Waals surface area contributed by atoms with Gasteiger partial charge in [-0.1, -0.05) is 25.4 Å². The van der Waals surface area contributed by atoms with Crippen LogP contribution in [-0.4, -0.2) is 29.4 Å². The van der Waals surface area contributed by atoms with Crippen LogP contribution in [0.1, 0.15) is 25.0 Å². The Morgan fingerprint density at radius 1 is 1.35 bits per heavy atom. The lowest BCUT2D eigenvalue weighted by Gasteiger charge is -2.21. The number of anilines is 1. The number of carboxylic acid groups (broad SMARTS) is 1. The van der Waals surface area contributed by atoms with E-state index in [1.165, 1.54) is 0 Å². The molecule has 0 fully saturated rings. The largest absolute Gasteiger partial charge is 0.511 e. The van der Waals surface area contributed by atoms with Gasteiger partial charge in [0, 0.05) is 35.4 Å². The van der Waals surface area contributed by atoms with E-state index < -0.39 is 6.16 Å². The highest BCUT2D eigenvalue weighted by Gasteiger charge is 2.26. The number of pyridine rings is 1. The number of nitrogens with zero attached hydrogens (tertiary/aromatic N) is 2. The van der Waals surface area contributed by atoms with Crippen LogP contribution in [0.5, 0.6) is 11.5 Å². The number of benzene rings is 1. The van der Waals surface area contributed by atoms with Crippen molar-refractivity contribution in [3.8, 4) is 11.5 Å². The molecule has 1 aromatic heterocycles. The van der Waals surface area contributed by atoms with Gasteiger partial charge in [-0.3, -0.25) is 0 Å². The first kappa shape index (κ1) is 18.3. The molecular weight excluding hydrogens is 356 g/mol. The topological polar surface area (TPSA) is 71.9 Å². The fraction of sp³-hybridized carbons (Fsp3) is 0.368. The standard InChI is InChI=1S/C19H21ClN2O4/c1-12(2)11-25-16-4-3-14(20)9-13(16)10-22-8-6-15-17(26-19(23)24)5-7-21-18(15)22/h3-5,7,9,12H,6,8,10-11H2,1-2H3,(H,23,24). The van der Waals surface area contributed by atoms with Crippen LogP contribution in [0.4, 0.5) is 10.6 Å². The van der Waals surface area contributed by atoms with E-state index in [1.54, 1.807) is 12.3 Å². The lowest BCUT2D eigenvalue weighted by atomic mass is 10.2. The van der Waals surface area contributed by atoms with Gasteiger partial charge in [0.1, 0.15) is 17.3 Å². The third kappa shape index (κ3) is 4.19. The number of hydrogen-bond acceptors (Lipinski definition) is 5. The Labute approximate surface area is 157 Å². The molecule has 0 spiro atoms. The second-order valence-electron chi connectivity index (χ2n) is 6.61. The van der Waals surface area contributed by atoms with E-state index in [4.69, 9.17) is 26.2 Å². The highest BCUT2D eigenvalue weighted by Crippen LogP contribution is 2.35. The quantitative estimate of drug-likeness (QED) is 0.754. The molecule has 2 aromatic rings. The second kappa shape index (κ2) is 7.83. The normalized spacial score (nSPS) is 13.0. The minimum atomic E-state index is -1.32. The summed E-state index contributed by atoms with van der Waals surface area (Å²) in [4.78, 5) is 17.4. The van der Waals surface area contributed by atoms with E-state index >= 15 is 0 Å². The molecule has 0 atom stereocenters. The maximum absolute atomic E-state index is 10.9. The zero-order chi connectivity index (χ0) is 18.7. The minimum absolute atomic E-state index is 0.340. The van der Waals surface area contributed by atoms with Gasteiger partial charge in [0.05, 0.1) is 6.61 Å². The third-order valence-corrected chi connectivity index (χ3v) is 4.31. The molecule has 0 unspecified atom stereocenters. The molecular formula is C19H21ClN2O4. The van der Waals surface area contributed by atoms with Crippen molar-refractivity contribution in [2.45, 2.75) is 26.8 Å². The summed E-state index contributed by atoms with van der Waals surface area (Å²) >= 11 is 6.17. The van der Waals surface area contributed by atoms with Crippen LogP contribution in [0.2, 0.25) is 5.02 Å². The Kier molecular flexibility index (Phi) is 5.52. The van der Waals surface area contributed by atoms with Gasteiger partial charge in [0.15, 0.2) is 0 Å². The Bertz CT molecular complexity index is 810. The van der Waals surface area contributed by atoms with Crippen LogP contribution < -0.4 is 14.4 Å². The Balaban J connectivity index is 1.84. The summed E-state index contributed by atoms with van der Waals surface area (Å²) < 4.78 is 10.8. The maximum Gasteiger partial charge on any atom is 0.511 e. The van der Waals surface area contributed by atoms with Gasteiger partial charge in [-0.2, -0.15) is 0 Å². The molecule has 1 N–H and O–H groups in total. The molecule has 1 aliphatic rings. The molecule has 0 bridgehead atoms. The lowest BCUT2D eigenvalue weighted by molar-refractivity contribution is 0.144. The SMILES string of the molecule is CC(C)COc1ccc(Cl)cc1CN1CCc2c(OC(=O)O)ccnc21. The van der Waals surface area contributed by atoms with Crippen LogP contribution in [0.15, 0.2) is 30.5 Å². The zero-order valence-electron chi connectivity index (χ0n) is 14.7. The van der Waals surface area contributed by atoms with Gasteiger partial charge in [-0.05, 0) is 36.6 Å². The van der Waals surface area contributed by atoms with Crippen molar-refractivity contribution in [1.82, 2.24) is 4.98 Å². The molecule has 0 aliphatic carbocycles. The van der Waals surface area contributed by atoms with E-state index in [-0.39, 0.29) is 0 Å². The summed E-state index contributed by atoms with van der Waals surface area (Å²) in [5.41, 5.74) is 1.78. The van der Waals surface area contributed by atoms with Gasteiger partial charge in [-0.15, -0.1) is 0 Å². The molecule has 2 heterocycles. The predicted octanol–water partition coefficient (Wildman–Crippen LogP) is 4.39. The smallest absolute Gasteiger partial charge is 0.493 e. The van der Waals surface area contributed by atoms with Crippen molar-refractivity contribution in [3.63, 3.8) is 0 Å². The van der Waals surface area contributed by atoms with E-state index in [9.17, 15) is 4.79 Å². The Hall–Kier alpha value is -2.47.